The highest BCUT2D eigenvalue weighted by atomic mass is 32.1. The van der Waals surface area contributed by atoms with E-state index in [-0.39, 0.29) is 30.3 Å². The van der Waals surface area contributed by atoms with Gasteiger partial charge in [0.1, 0.15) is 12.0 Å². The molecule has 1 saturated heterocycles. The van der Waals surface area contributed by atoms with E-state index in [1.54, 1.807) is 22.3 Å². The lowest BCUT2D eigenvalue weighted by Crippen LogP contribution is -2.49. The second kappa shape index (κ2) is 8.78. The topological polar surface area (TPSA) is 99.9 Å². The van der Waals surface area contributed by atoms with Crippen molar-refractivity contribution >= 4 is 34.7 Å². The van der Waals surface area contributed by atoms with Crippen LogP contribution in [0.3, 0.4) is 0 Å². The molecule has 0 aromatic carbocycles. The predicted molar refractivity (Wildman–Crippen MR) is 112 cm³/mol. The van der Waals surface area contributed by atoms with Crippen LogP contribution in [0.2, 0.25) is 0 Å². The second-order valence-corrected chi connectivity index (χ2v) is 8.43. The first-order valence-corrected chi connectivity index (χ1v) is 10.9. The van der Waals surface area contributed by atoms with Crippen molar-refractivity contribution in [2.45, 2.75) is 25.8 Å². The number of fused-ring (bicyclic) bond motifs is 1. The SMILES string of the molecule is O=C(CCC(=O)N1CCc2sccc2C1)N1CCN(c2ccc([N+](=O)[O-])cn2)CC1. The molecule has 0 N–H and O–H groups in total. The monoisotopic (exact) mass is 429 g/mol. The highest BCUT2D eigenvalue weighted by Crippen LogP contribution is 2.24. The maximum absolute atomic E-state index is 12.6. The minimum absolute atomic E-state index is 0.00658. The standard InChI is InChI=1S/C20H23N5O4S/c26-19(3-4-20(27)24-7-5-17-15(14-24)6-12-30-17)23-10-8-22(9-11-23)18-2-1-16(13-21-18)25(28)29/h1-2,6,12-13H,3-5,7-11,14H2. The molecule has 2 aromatic heterocycles. The Kier molecular flexibility index (Phi) is 5.93. The van der Waals surface area contributed by atoms with Crippen LogP contribution in [0, 0.1) is 10.1 Å². The number of carbonyl (C=O) groups is 2. The van der Waals surface area contributed by atoms with Crippen molar-refractivity contribution in [1.82, 2.24) is 14.8 Å². The summed E-state index contributed by atoms with van der Waals surface area (Å²) in [6.45, 7) is 3.69. The fourth-order valence-electron chi connectivity index (χ4n) is 3.85. The summed E-state index contributed by atoms with van der Waals surface area (Å²) in [4.78, 5) is 46.5. The van der Waals surface area contributed by atoms with Gasteiger partial charge in [-0.2, -0.15) is 0 Å². The highest BCUT2D eigenvalue weighted by Gasteiger charge is 2.25. The molecule has 4 heterocycles. The molecule has 2 amide bonds. The van der Waals surface area contributed by atoms with Crippen molar-refractivity contribution in [2.75, 3.05) is 37.6 Å². The van der Waals surface area contributed by atoms with Crippen LogP contribution < -0.4 is 4.90 Å². The van der Waals surface area contributed by atoms with Crippen LogP contribution in [0.5, 0.6) is 0 Å². The van der Waals surface area contributed by atoms with Gasteiger partial charge in [-0.25, -0.2) is 4.98 Å². The Balaban J connectivity index is 1.22. The van der Waals surface area contributed by atoms with Crippen LogP contribution in [0.25, 0.3) is 0 Å². The van der Waals surface area contributed by atoms with Crippen LogP contribution >= 0.6 is 11.3 Å². The largest absolute Gasteiger partial charge is 0.353 e. The number of anilines is 1. The number of piperazine rings is 1. The van der Waals surface area contributed by atoms with E-state index in [2.05, 4.69) is 16.4 Å². The van der Waals surface area contributed by atoms with Crippen molar-refractivity contribution in [3.8, 4) is 0 Å². The van der Waals surface area contributed by atoms with Crippen LogP contribution in [-0.4, -0.2) is 64.2 Å². The Bertz CT molecular complexity index is 937. The maximum Gasteiger partial charge on any atom is 0.287 e. The number of aromatic nitrogens is 1. The predicted octanol–water partition coefficient (Wildman–Crippen LogP) is 2.06. The van der Waals surface area contributed by atoms with E-state index in [1.165, 1.54) is 22.7 Å². The number of pyridine rings is 1. The Morgan fingerprint density at radius 2 is 1.77 bits per heavy atom. The smallest absolute Gasteiger partial charge is 0.287 e. The normalized spacial score (nSPS) is 16.3. The number of amides is 2. The molecule has 2 aromatic rings. The minimum Gasteiger partial charge on any atom is -0.353 e. The van der Waals surface area contributed by atoms with E-state index >= 15 is 0 Å². The van der Waals surface area contributed by atoms with Gasteiger partial charge in [-0.3, -0.25) is 19.7 Å². The number of hydrogen-bond donors (Lipinski definition) is 0. The van der Waals surface area contributed by atoms with Gasteiger partial charge < -0.3 is 14.7 Å². The molecule has 4 rings (SSSR count). The van der Waals surface area contributed by atoms with Crippen LogP contribution in [0.1, 0.15) is 23.3 Å². The molecule has 0 aliphatic carbocycles. The summed E-state index contributed by atoms with van der Waals surface area (Å²) < 4.78 is 0. The number of thiophene rings is 1. The number of nitrogens with zero attached hydrogens (tertiary/aromatic N) is 5. The lowest BCUT2D eigenvalue weighted by Gasteiger charge is -2.35. The zero-order valence-electron chi connectivity index (χ0n) is 16.5. The van der Waals surface area contributed by atoms with Gasteiger partial charge in [0, 0.05) is 63.1 Å². The Morgan fingerprint density at radius 1 is 1.03 bits per heavy atom. The summed E-state index contributed by atoms with van der Waals surface area (Å²) in [7, 11) is 0. The van der Waals surface area contributed by atoms with Gasteiger partial charge in [-0.1, -0.05) is 0 Å². The first kappa shape index (κ1) is 20.3. The fourth-order valence-corrected chi connectivity index (χ4v) is 4.74. The van der Waals surface area contributed by atoms with Gasteiger partial charge in [-0.15, -0.1) is 11.3 Å². The van der Waals surface area contributed by atoms with Gasteiger partial charge in [0.2, 0.25) is 11.8 Å². The molecule has 30 heavy (non-hydrogen) atoms. The molecular formula is C20H23N5O4S. The molecule has 1 fully saturated rings. The second-order valence-electron chi connectivity index (χ2n) is 7.43. The molecule has 9 nitrogen and oxygen atoms in total. The van der Waals surface area contributed by atoms with E-state index in [4.69, 9.17) is 0 Å². The minimum atomic E-state index is -0.474. The molecule has 0 radical (unpaired) electrons. The van der Waals surface area contributed by atoms with Crippen LogP contribution in [-0.2, 0) is 22.6 Å². The van der Waals surface area contributed by atoms with Crippen molar-refractivity contribution in [2.24, 2.45) is 0 Å². The molecule has 0 saturated carbocycles. The third kappa shape index (κ3) is 4.43. The van der Waals surface area contributed by atoms with E-state index in [0.717, 1.165) is 13.0 Å². The van der Waals surface area contributed by atoms with Gasteiger partial charge in [0.15, 0.2) is 0 Å². The van der Waals surface area contributed by atoms with Crippen molar-refractivity contribution in [3.05, 3.63) is 50.3 Å². The molecule has 0 unspecified atom stereocenters. The van der Waals surface area contributed by atoms with Gasteiger partial charge in [-0.05, 0) is 29.5 Å². The summed E-state index contributed by atoms with van der Waals surface area (Å²) in [5.74, 6) is 0.697. The van der Waals surface area contributed by atoms with Crippen molar-refractivity contribution < 1.29 is 14.5 Å². The zero-order valence-corrected chi connectivity index (χ0v) is 17.3. The van der Waals surface area contributed by atoms with E-state index < -0.39 is 4.92 Å². The average molecular weight is 430 g/mol. The lowest BCUT2D eigenvalue weighted by molar-refractivity contribution is -0.385. The number of rotatable bonds is 5. The zero-order chi connectivity index (χ0) is 21.1. The number of hydrogen-bond acceptors (Lipinski definition) is 7. The summed E-state index contributed by atoms with van der Waals surface area (Å²) >= 11 is 1.74. The number of carbonyl (C=O) groups excluding carboxylic acids is 2. The average Bonchev–Trinajstić information content (AvgIpc) is 3.25. The Hall–Kier alpha value is -3.01. The molecule has 0 spiro atoms. The molecule has 0 bridgehead atoms. The first-order valence-electron chi connectivity index (χ1n) is 9.97. The van der Waals surface area contributed by atoms with Crippen LogP contribution in [0.4, 0.5) is 11.5 Å². The maximum atomic E-state index is 12.6. The molecule has 0 atom stereocenters. The van der Waals surface area contributed by atoms with Gasteiger partial charge in [0.05, 0.1) is 4.92 Å². The Labute approximate surface area is 178 Å². The first-order chi connectivity index (χ1) is 14.5. The third-order valence-electron chi connectivity index (χ3n) is 5.61. The lowest BCUT2D eigenvalue weighted by atomic mass is 10.1. The van der Waals surface area contributed by atoms with E-state index in [9.17, 15) is 19.7 Å². The summed E-state index contributed by atoms with van der Waals surface area (Å²) in [6, 6.07) is 5.14. The molecular weight excluding hydrogens is 406 g/mol. The van der Waals surface area contributed by atoms with E-state index in [1.807, 2.05) is 9.80 Å². The van der Waals surface area contributed by atoms with Crippen LogP contribution in [0.15, 0.2) is 29.8 Å². The van der Waals surface area contributed by atoms with E-state index in [0.29, 0.717) is 38.5 Å². The summed E-state index contributed by atoms with van der Waals surface area (Å²) in [5, 5.41) is 12.8. The quantitative estimate of drug-likeness (QED) is 0.533. The third-order valence-corrected chi connectivity index (χ3v) is 6.64. The van der Waals surface area contributed by atoms with Gasteiger partial charge in [0.25, 0.3) is 5.69 Å². The molecule has 2 aliphatic heterocycles. The fraction of sp³-hybridized carbons (Fsp3) is 0.450. The number of nitro groups is 1. The van der Waals surface area contributed by atoms with Crippen molar-refractivity contribution in [1.29, 1.82) is 0 Å². The molecule has 2 aliphatic rings. The molecule has 158 valence electrons. The Morgan fingerprint density at radius 3 is 2.43 bits per heavy atom. The molecule has 10 heteroatoms. The van der Waals surface area contributed by atoms with Gasteiger partial charge >= 0.3 is 0 Å². The van der Waals surface area contributed by atoms with Crippen molar-refractivity contribution in [3.63, 3.8) is 0 Å². The highest BCUT2D eigenvalue weighted by molar-refractivity contribution is 7.10. The summed E-state index contributed by atoms with van der Waals surface area (Å²) in [5.41, 5.74) is 1.18. The summed E-state index contributed by atoms with van der Waals surface area (Å²) in [6.07, 6.45) is 2.60.